The third kappa shape index (κ3) is 9.95. The topological polar surface area (TPSA) is 76.2 Å². The van der Waals surface area contributed by atoms with E-state index in [1.54, 1.807) is 16.8 Å². The predicted molar refractivity (Wildman–Crippen MR) is 108 cm³/mol. The number of carbonyl (C=O) groups is 3. The van der Waals surface area contributed by atoms with Crippen LogP contribution in [-0.2, 0) is 19.1 Å². The van der Waals surface area contributed by atoms with Crippen LogP contribution in [0.1, 0.15) is 73.6 Å². The van der Waals surface area contributed by atoms with Gasteiger partial charge in [-0.05, 0) is 66.7 Å². The second kappa shape index (κ2) is 10.1. The van der Waals surface area contributed by atoms with Gasteiger partial charge in [0, 0.05) is 39.5 Å². The number of ether oxygens (including phenoxy) is 2. The van der Waals surface area contributed by atoms with E-state index in [1.807, 2.05) is 41.5 Å². The monoisotopic (exact) mass is 398 g/mol. The number of likely N-dealkylation sites (tertiary alicyclic amines) is 1. The van der Waals surface area contributed by atoms with Crippen LogP contribution in [0, 0.1) is 5.92 Å². The van der Waals surface area contributed by atoms with E-state index in [-0.39, 0.29) is 18.0 Å². The maximum Gasteiger partial charge on any atom is 0.410 e. The second-order valence-corrected chi connectivity index (χ2v) is 9.63. The summed E-state index contributed by atoms with van der Waals surface area (Å²) in [5, 5.41) is 0. The largest absolute Gasteiger partial charge is 0.460 e. The Morgan fingerprint density at radius 1 is 1.00 bits per heavy atom. The molecule has 7 heteroatoms. The highest BCUT2D eigenvalue weighted by atomic mass is 16.6. The molecule has 2 amide bonds. The molecular formula is C21H38N2O5. The summed E-state index contributed by atoms with van der Waals surface area (Å²) >= 11 is 0. The fraction of sp³-hybridized carbons (Fsp3) is 0.857. The number of rotatable bonds is 7. The highest BCUT2D eigenvalue weighted by Crippen LogP contribution is 2.23. The third-order valence-corrected chi connectivity index (χ3v) is 4.42. The fourth-order valence-electron chi connectivity index (χ4n) is 3.06. The van der Waals surface area contributed by atoms with Crippen LogP contribution in [0.25, 0.3) is 0 Å². The van der Waals surface area contributed by atoms with Crippen molar-refractivity contribution >= 4 is 18.0 Å². The van der Waals surface area contributed by atoms with Crippen molar-refractivity contribution in [2.24, 2.45) is 5.92 Å². The molecule has 1 fully saturated rings. The molecule has 1 aliphatic rings. The zero-order valence-electron chi connectivity index (χ0n) is 18.7. The number of amides is 2. The fourth-order valence-corrected chi connectivity index (χ4v) is 3.06. The van der Waals surface area contributed by atoms with Crippen molar-refractivity contribution < 1.29 is 23.9 Å². The van der Waals surface area contributed by atoms with Crippen LogP contribution in [0.5, 0.6) is 0 Å². The molecule has 0 N–H and O–H groups in total. The molecule has 7 nitrogen and oxygen atoms in total. The van der Waals surface area contributed by atoms with Gasteiger partial charge in [-0.3, -0.25) is 9.59 Å². The standard InChI is InChI=1S/C21H38N2O5/c1-20(2,3)27-18(25)9-8-13-22(7)17(24)11-10-16-12-14-23(15-16)19(26)28-21(4,5)6/h16H,8-15H2,1-7H3/t16-/m0/s1. The van der Waals surface area contributed by atoms with E-state index in [0.717, 1.165) is 12.8 Å². The molecule has 0 aliphatic carbocycles. The molecule has 1 saturated heterocycles. The number of nitrogens with zero attached hydrogens (tertiary/aromatic N) is 2. The zero-order chi connectivity index (χ0) is 21.5. The maximum absolute atomic E-state index is 12.3. The lowest BCUT2D eigenvalue weighted by Gasteiger charge is -2.24. The molecule has 1 atom stereocenters. The number of hydrogen-bond acceptors (Lipinski definition) is 5. The first kappa shape index (κ1) is 24.2. The lowest BCUT2D eigenvalue weighted by Crippen LogP contribution is -2.35. The second-order valence-electron chi connectivity index (χ2n) is 9.63. The minimum Gasteiger partial charge on any atom is -0.460 e. The maximum atomic E-state index is 12.3. The summed E-state index contributed by atoms with van der Waals surface area (Å²) in [6.07, 6.45) is 2.73. The molecule has 1 aliphatic heterocycles. The smallest absolute Gasteiger partial charge is 0.410 e. The number of esters is 1. The summed E-state index contributed by atoms with van der Waals surface area (Å²) in [5.41, 5.74) is -0.972. The molecule has 0 unspecified atom stereocenters. The quantitative estimate of drug-likeness (QED) is 0.613. The van der Waals surface area contributed by atoms with E-state index in [2.05, 4.69) is 0 Å². The van der Waals surface area contributed by atoms with Crippen LogP contribution in [0.15, 0.2) is 0 Å². The average Bonchev–Trinajstić information content (AvgIpc) is 2.98. The van der Waals surface area contributed by atoms with E-state index >= 15 is 0 Å². The summed E-state index contributed by atoms with van der Waals surface area (Å²) in [4.78, 5) is 39.5. The van der Waals surface area contributed by atoms with Gasteiger partial charge in [-0.25, -0.2) is 4.79 Å². The molecule has 0 aromatic carbocycles. The van der Waals surface area contributed by atoms with E-state index in [1.165, 1.54) is 0 Å². The van der Waals surface area contributed by atoms with Gasteiger partial charge in [0.15, 0.2) is 0 Å². The Bertz CT molecular complexity index is 548. The van der Waals surface area contributed by atoms with Crippen LogP contribution in [0.2, 0.25) is 0 Å². The van der Waals surface area contributed by atoms with Crippen molar-refractivity contribution in [3.63, 3.8) is 0 Å². The Balaban J connectivity index is 2.25. The molecule has 0 radical (unpaired) electrons. The zero-order valence-corrected chi connectivity index (χ0v) is 18.7. The van der Waals surface area contributed by atoms with E-state index < -0.39 is 11.2 Å². The van der Waals surface area contributed by atoms with E-state index in [0.29, 0.717) is 44.8 Å². The first-order valence-corrected chi connectivity index (χ1v) is 10.2. The number of hydrogen-bond donors (Lipinski definition) is 0. The van der Waals surface area contributed by atoms with Crippen molar-refractivity contribution in [2.75, 3.05) is 26.7 Å². The van der Waals surface area contributed by atoms with Crippen LogP contribution < -0.4 is 0 Å². The minimum absolute atomic E-state index is 0.0694. The highest BCUT2D eigenvalue weighted by molar-refractivity contribution is 5.76. The average molecular weight is 399 g/mol. The lowest BCUT2D eigenvalue weighted by molar-refractivity contribution is -0.155. The highest BCUT2D eigenvalue weighted by Gasteiger charge is 2.30. The third-order valence-electron chi connectivity index (χ3n) is 4.42. The van der Waals surface area contributed by atoms with Gasteiger partial charge in [0.2, 0.25) is 5.91 Å². The summed E-state index contributed by atoms with van der Waals surface area (Å²) in [6.45, 7) is 13.0. The molecular weight excluding hydrogens is 360 g/mol. The van der Waals surface area contributed by atoms with Gasteiger partial charge >= 0.3 is 12.1 Å². The van der Waals surface area contributed by atoms with Gasteiger partial charge in [-0.2, -0.15) is 0 Å². The van der Waals surface area contributed by atoms with Crippen molar-refractivity contribution in [3.05, 3.63) is 0 Å². The van der Waals surface area contributed by atoms with Gasteiger partial charge in [0.25, 0.3) is 0 Å². The minimum atomic E-state index is -0.493. The van der Waals surface area contributed by atoms with Gasteiger partial charge in [-0.15, -0.1) is 0 Å². The van der Waals surface area contributed by atoms with Crippen molar-refractivity contribution in [3.8, 4) is 0 Å². The van der Waals surface area contributed by atoms with Crippen molar-refractivity contribution in [1.82, 2.24) is 9.80 Å². The molecule has 1 heterocycles. The summed E-state index contributed by atoms with van der Waals surface area (Å²) < 4.78 is 10.7. The summed E-state index contributed by atoms with van der Waals surface area (Å²) in [5.74, 6) is 0.160. The Morgan fingerprint density at radius 3 is 2.18 bits per heavy atom. The Labute approximate surface area is 169 Å². The van der Waals surface area contributed by atoms with Gasteiger partial charge in [-0.1, -0.05) is 0 Å². The summed E-state index contributed by atoms with van der Waals surface area (Å²) in [6, 6.07) is 0. The SMILES string of the molecule is CN(CCCC(=O)OC(C)(C)C)C(=O)CC[C@H]1CCN(C(=O)OC(C)(C)C)C1. The Kier molecular flexibility index (Phi) is 8.76. The lowest BCUT2D eigenvalue weighted by atomic mass is 10.0. The van der Waals surface area contributed by atoms with Crippen molar-refractivity contribution in [2.45, 2.75) is 84.8 Å². The summed E-state index contributed by atoms with van der Waals surface area (Å²) in [7, 11) is 1.76. The Hall–Kier alpha value is -1.79. The molecule has 0 saturated carbocycles. The molecule has 0 bridgehead atoms. The van der Waals surface area contributed by atoms with Gasteiger partial charge in [0.05, 0.1) is 0 Å². The Morgan fingerprint density at radius 2 is 1.61 bits per heavy atom. The molecule has 28 heavy (non-hydrogen) atoms. The van der Waals surface area contributed by atoms with Gasteiger partial charge < -0.3 is 19.3 Å². The van der Waals surface area contributed by atoms with Crippen LogP contribution >= 0.6 is 0 Å². The first-order valence-electron chi connectivity index (χ1n) is 10.2. The van der Waals surface area contributed by atoms with Crippen LogP contribution in [0.3, 0.4) is 0 Å². The van der Waals surface area contributed by atoms with E-state index in [4.69, 9.17) is 9.47 Å². The normalized spacial score (nSPS) is 17.4. The molecule has 0 aromatic rings. The molecule has 162 valence electrons. The molecule has 1 rings (SSSR count). The first-order chi connectivity index (χ1) is 12.8. The van der Waals surface area contributed by atoms with Crippen molar-refractivity contribution in [1.29, 1.82) is 0 Å². The molecule has 0 spiro atoms. The molecule has 0 aromatic heterocycles. The van der Waals surface area contributed by atoms with E-state index in [9.17, 15) is 14.4 Å². The van der Waals surface area contributed by atoms with Crippen LogP contribution in [-0.4, -0.2) is 65.7 Å². The predicted octanol–water partition coefficient (Wildman–Crippen LogP) is 3.60. The van der Waals surface area contributed by atoms with Crippen LogP contribution in [0.4, 0.5) is 4.79 Å². The number of carbonyl (C=O) groups excluding carboxylic acids is 3. The van der Waals surface area contributed by atoms with Gasteiger partial charge in [0.1, 0.15) is 11.2 Å².